The maximum atomic E-state index is 13.0. The number of hydrogen-bond acceptors (Lipinski definition) is 4. The number of rotatable bonds is 4. The van der Waals surface area contributed by atoms with Crippen LogP contribution >= 0.6 is 11.3 Å². The van der Waals surface area contributed by atoms with Gasteiger partial charge in [-0.1, -0.05) is 35.6 Å². The first-order valence-corrected chi connectivity index (χ1v) is 9.28. The molecule has 2 heterocycles. The molecule has 0 bridgehead atoms. The summed E-state index contributed by atoms with van der Waals surface area (Å²) in [7, 11) is 0. The molecule has 0 aliphatic carbocycles. The number of amides is 1. The lowest BCUT2D eigenvalue weighted by Gasteiger charge is -2.17. The van der Waals surface area contributed by atoms with Crippen LogP contribution in [0.3, 0.4) is 0 Å². The maximum absolute atomic E-state index is 13.0. The molecule has 1 unspecified atom stereocenters. The summed E-state index contributed by atoms with van der Waals surface area (Å²) in [6, 6.07) is 13.7. The van der Waals surface area contributed by atoms with Crippen molar-refractivity contribution in [3.63, 3.8) is 0 Å². The molecule has 1 fully saturated rings. The number of carbonyl (C=O) groups is 1. The van der Waals surface area contributed by atoms with Crippen LogP contribution in [0.5, 0.6) is 5.19 Å². The first-order chi connectivity index (χ1) is 12.7. The number of aromatic nitrogens is 1. The van der Waals surface area contributed by atoms with Crippen molar-refractivity contribution in [3.8, 4) is 16.3 Å². The van der Waals surface area contributed by atoms with Crippen LogP contribution in [0.4, 0.5) is 4.39 Å². The van der Waals surface area contributed by atoms with E-state index < -0.39 is 0 Å². The van der Waals surface area contributed by atoms with Crippen molar-refractivity contribution in [1.29, 1.82) is 0 Å². The van der Waals surface area contributed by atoms with Crippen LogP contribution < -0.4 is 4.74 Å². The van der Waals surface area contributed by atoms with E-state index in [0.29, 0.717) is 23.8 Å². The van der Waals surface area contributed by atoms with Gasteiger partial charge in [-0.3, -0.25) is 4.79 Å². The molecule has 26 heavy (non-hydrogen) atoms. The smallest absolute Gasteiger partial charge is 0.273 e. The zero-order chi connectivity index (χ0) is 17.9. The van der Waals surface area contributed by atoms with Gasteiger partial charge < -0.3 is 9.64 Å². The molecule has 1 aromatic heterocycles. The molecule has 1 amide bonds. The highest BCUT2D eigenvalue weighted by atomic mass is 32.1. The van der Waals surface area contributed by atoms with Crippen molar-refractivity contribution in [2.24, 2.45) is 0 Å². The summed E-state index contributed by atoms with van der Waals surface area (Å²) in [5, 5.41) is 2.52. The molecule has 1 atom stereocenters. The summed E-state index contributed by atoms with van der Waals surface area (Å²) < 4.78 is 18.8. The molecule has 1 aliphatic rings. The second-order valence-electron chi connectivity index (χ2n) is 6.16. The monoisotopic (exact) mass is 368 g/mol. The van der Waals surface area contributed by atoms with Gasteiger partial charge in [0.25, 0.3) is 11.1 Å². The van der Waals surface area contributed by atoms with Gasteiger partial charge in [0.15, 0.2) is 0 Å². The molecule has 3 aromatic rings. The summed E-state index contributed by atoms with van der Waals surface area (Å²) in [6.45, 7) is 1.24. The number of ether oxygens (including phenoxy) is 1. The molecular weight excluding hydrogens is 351 g/mol. The first kappa shape index (κ1) is 16.7. The molecular formula is C20H17FN2O2S. The molecule has 0 saturated carbocycles. The average Bonchev–Trinajstić information content (AvgIpc) is 3.35. The van der Waals surface area contributed by atoms with Crippen LogP contribution in [-0.4, -0.2) is 35.0 Å². The number of halogens is 1. The van der Waals surface area contributed by atoms with Gasteiger partial charge in [0.1, 0.15) is 11.9 Å². The zero-order valence-electron chi connectivity index (χ0n) is 14.0. The highest BCUT2D eigenvalue weighted by Gasteiger charge is 2.28. The van der Waals surface area contributed by atoms with Gasteiger partial charge in [0.05, 0.1) is 6.54 Å². The van der Waals surface area contributed by atoms with E-state index in [-0.39, 0.29) is 17.8 Å². The number of hydrogen-bond donors (Lipinski definition) is 0. The van der Waals surface area contributed by atoms with Crippen LogP contribution in [-0.2, 0) is 0 Å². The Balaban J connectivity index is 1.41. The van der Waals surface area contributed by atoms with Crippen LogP contribution in [0.15, 0.2) is 60.1 Å². The summed E-state index contributed by atoms with van der Waals surface area (Å²) >= 11 is 1.46. The van der Waals surface area contributed by atoms with E-state index in [0.717, 1.165) is 17.5 Å². The van der Waals surface area contributed by atoms with Crippen molar-refractivity contribution in [3.05, 3.63) is 71.5 Å². The average molecular weight is 368 g/mol. The van der Waals surface area contributed by atoms with Crippen LogP contribution in [0, 0.1) is 5.82 Å². The molecule has 4 rings (SSSR count). The largest absolute Gasteiger partial charge is 0.465 e. The Morgan fingerprint density at radius 2 is 1.81 bits per heavy atom. The molecule has 0 radical (unpaired) electrons. The van der Waals surface area contributed by atoms with Gasteiger partial charge in [-0.25, -0.2) is 9.37 Å². The van der Waals surface area contributed by atoms with Crippen molar-refractivity contribution in [2.75, 3.05) is 13.1 Å². The fourth-order valence-electron chi connectivity index (χ4n) is 3.05. The SMILES string of the molecule is O=C(c1ccc(-c2ccc(F)cc2)cc1)N1CCC(Oc2nccs2)C1. The summed E-state index contributed by atoms with van der Waals surface area (Å²) in [4.78, 5) is 18.6. The van der Waals surface area contributed by atoms with Gasteiger partial charge in [-0.05, 0) is 35.4 Å². The zero-order valence-corrected chi connectivity index (χ0v) is 14.8. The normalized spacial score (nSPS) is 16.7. The van der Waals surface area contributed by atoms with E-state index in [1.165, 1.54) is 23.5 Å². The second-order valence-corrected chi connectivity index (χ2v) is 7.02. The third-order valence-electron chi connectivity index (χ3n) is 4.42. The minimum absolute atomic E-state index is 0.000829. The van der Waals surface area contributed by atoms with E-state index in [1.807, 2.05) is 34.5 Å². The van der Waals surface area contributed by atoms with Crippen LogP contribution in [0.1, 0.15) is 16.8 Å². The Morgan fingerprint density at radius 1 is 1.12 bits per heavy atom. The molecule has 4 nitrogen and oxygen atoms in total. The molecule has 0 N–H and O–H groups in total. The highest BCUT2D eigenvalue weighted by Crippen LogP contribution is 2.23. The third kappa shape index (κ3) is 3.60. The predicted octanol–water partition coefficient (Wildman–Crippen LogP) is 4.24. The van der Waals surface area contributed by atoms with Crippen molar-refractivity contribution in [2.45, 2.75) is 12.5 Å². The number of nitrogens with zero attached hydrogens (tertiary/aromatic N) is 2. The maximum Gasteiger partial charge on any atom is 0.273 e. The van der Waals surface area contributed by atoms with Crippen molar-refractivity contribution < 1.29 is 13.9 Å². The minimum Gasteiger partial charge on any atom is -0.465 e. The van der Waals surface area contributed by atoms with Gasteiger partial charge in [0, 0.05) is 30.1 Å². The second kappa shape index (κ2) is 7.25. The molecule has 1 aliphatic heterocycles. The van der Waals surface area contributed by atoms with Gasteiger partial charge in [0.2, 0.25) is 0 Å². The predicted molar refractivity (Wildman–Crippen MR) is 98.9 cm³/mol. The van der Waals surface area contributed by atoms with E-state index >= 15 is 0 Å². The van der Waals surface area contributed by atoms with E-state index in [1.54, 1.807) is 18.3 Å². The fourth-order valence-corrected chi connectivity index (χ4v) is 3.60. The van der Waals surface area contributed by atoms with Crippen LogP contribution in [0.2, 0.25) is 0 Å². The summed E-state index contributed by atoms with van der Waals surface area (Å²) in [6.07, 6.45) is 2.50. The Labute approximate surface area is 154 Å². The molecule has 132 valence electrons. The number of benzene rings is 2. The lowest BCUT2D eigenvalue weighted by molar-refractivity contribution is 0.0772. The topological polar surface area (TPSA) is 42.4 Å². The molecule has 1 saturated heterocycles. The van der Waals surface area contributed by atoms with Crippen LogP contribution in [0.25, 0.3) is 11.1 Å². The van der Waals surface area contributed by atoms with Crippen molar-refractivity contribution >= 4 is 17.2 Å². The van der Waals surface area contributed by atoms with Gasteiger partial charge in [-0.2, -0.15) is 0 Å². The van der Waals surface area contributed by atoms with Gasteiger partial charge >= 0.3 is 0 Å². The standard InChI is InChI=1S/C20H17FN2O2S/c21-17-7-5-15(6-8-17)14-1-3-16(4-2-14)19(24)23-11-9-18(13-23)25-20-22-10-12-26-20/h1-8,10,12,18H,9,11,13H2. The minimum atomic E-state index is -0.260. The molecule has 0 spiro atoms. The lowest BCUT2D eigenvalue weighted by Crippen LogP contribution is -2.30. The Hall–Kier alpha value is -2.73. The Bertz CT molecular complexity index is 879. The quantitative estimate of drug-likeness (QED) is 0.692. The summed E-state index contributed by atoms with van der Waals surface area (Å²) in [5.41, 5.74) is 2.52. The van der Waals surface area contributed by atoms with E-state index in [4.69, 9.17) is 4.74 Å². The van der Waals surface area contributed by atoms with Gasteiger partial charge in [-0.15, -0.1) is 0 Å². The Kier molecular flexibility index (Phi) is 4.67. The third-order valence-corrected chi connectivity index (χ3v) is 5.08. The molecule has 2 aromatic carbocycles. The van der Waals surface area contributed by atoms with E-state index in [2.05, 4.69) is 4.98 Å². The van der Waals surface area contributed by atoms with Crippen molar-refractivity contribution in [1.82, 2.24) is 9.88 Å². The van der Waals surface area contributed by atoms with E-state index in [9.17, 15) is 9.18 Å². The number of carbonyl (C=O) groups excluding carboxylic acids is 1. The highest BCUT2D eigenvalue weighted by molar-refractivity contribution is 7.11. The first-order valence-electron chi connectivity index (χ1n) is 8.40. The number of likely N-dealkylation sites (tertiary alicyclic amines) is 1. The fraction of sp³-hybridized carbons (Fsp3) is 0.200. The summed E-state index contributed by atoms with van der Waals surface area (Å²) in [5.74, 6) is -0.259. The molecule has 6 heteroatoms. The lowest BCUT2D eigenvalue weighted by atomic mass is 10.0. The Morgan fingerprint density at radius 3 is 2.46 bits per heavy atom. The number of thiazole rings is 1.